The van der Waals surface area contributed by atoms with Gasteiger partial charge in [-0.2, -0.15) is 0 Å². The molecule has 1 aromatic carbocycles. The Balaban J connectivity index is 0.00000128. The molecule has 1 N–H and O–H groups in total. The summed E-state index contributed by atoms with van der Waals surface area (Å²) < 4.78 is 0. The highest BCUT2D eigenvalue weighted by Crippen LogP contribution is 2.24. The molecule has 1 aromatic heterocycles. The summed E-state index contributed by atoms with van der Waals surface area (Å²) in [6.45, 7) is 4.41. The maximum absolute atomic E-state index is 4.48. The van der Waals surface area contributed by atoms with Crippen LogP contribution in [-0.4, -0.2) is 11.5 Å². The molecule has 4 heteroatoms. The molecule has 0 aliphatic rings. The summed E-state index contributed by atoms with van der Waals surface area (Å²) in [5.41, 5.74) is 2.17. The van der Waals surface area contributed by atoms with E-state index in [1.54, 1.807) is 11.3 Å². The second-order valence-corrected chi connectivity index (χ2v) is 3.93. The maximum Gasteiger partial charge on any atom is 0.183 e. The quantitative estimate of drug-likeness (QED) is 0.863. The fraction of sp³-hybridized carbons (Fsp3) is 0.0833. The first-order valence-corrected chi connectivity index (χ1v) is 5.64. The van der Waals surface area contributed by atoms with Crippen molar-refractivity contribution in [2.24, 2.45) is 0 Å². The van der Waals surface area contributed by atoms with Crippen molar-refractivity contribution >= 4 is 33.4 Å². The second-order valence-electron chi connectivity index (χ2n) is 3.07. The summed E-state index contributed by atoms with van der Waals surface area (Å²) in [6, 6.07) is 10.2. The van der Waals surface area contributed by atoms with Crippen molar-refractivity contribution in [2.75, 3.05) is 11.9 Å². The zero-order valence-electron chi connectivity index (χ0n) is 8.72. The molecule has 0 atom stereocenters. The van der Waals surface area contributed by atoms with Crippen LogP contribution in [0.5, 0.6) is 0 Å². The van der Waals surface area contributed by atoms with E-state index < -0.39 is 0 Å². The number of anilines is 1. The number of aromatic nitrogens is 1. The summed E-state index contributed by atoms with van der Waals surface area (Å²) in [4.78, 5) is 4.48. The molecule has 2 rings (SSSR count). The SMILES string of the molecule is Br.C=CCNc1nc(-c2ccccc2)cs1. The summed E-state index contributed by atoms with van der Waals surface area (Å²) in [6.07, 6.45) is 1.82. The van der Waals surface area contributed by atoms with Crippen molar-refractivity contribution in [3.8, 4) is 11.3 Å². The number of benzene rings is 1. The molecule has 0 bridgehead atoms. The van der Waals surface area contributed by atoms with Crippen molar-refractivity contribution in [3.05, 3.63) is 48.4 Å². The number of halogens is 1. The van der Waals surface area contributed by atoms with E-state index in [1.165, 1.54) is 0 Å². The minimum atomic E-state index is 0. The van der Waals surface area contributed by atoms with E-state index in [-0.39, 0.29) is 17.0 Å². The first-order valence-electron chi connectivity index (χ1n) is 4.76. The van der Waals surface area contributed by atoms with Crippen molar-refractivity contribution in [2.45, 2.75) is 0 Å². The van der Waals surface area contributed by atoms with Crippen LogP contribution >= 0.6 is 28.3 Å². The molecule has 0 saturated heterocycles. The minimum Gasteiger partial charge on any atom is -0.358 e. The van der Waals surface area contributed by atoms with Crippen molar-refractivity contribution in [1.82, 2.24) is 4.98 Å². The van der Waals surface area contributed by atoms with Gasteiger partial charge in [-0.25, -0.2) is 4.98 Å². The van der Waals surface area contributed by atoms with Gasteiger partial charge in [0.2, 0.25) is 0 Å². The topological polar surface area (TPSA) is 24.9 Å². The lowest BCUT2D eigenvalue weighted by molar-refractivity contribution is 1.29. The molecule has 2 nitrogen and oxygen atoms in total. The van der Waals surface area contributed by atoms with Gasteiger partial charge in [-0.05, 0) is 0 Å². The molecule has 0 aliphatic heterocycles. The Morgan fingerprint density at radius 2 is 2.06 bits per heavy atom. The van der Waals surface area contributed by atoms with Gasteiger partial charge in [-0.3, -0.25) is 0 Å². The molecule has 16 heavy (non-hydrogen) atoms. The van der Waals surface area contributed by atoms with Gasteiger partial charge < -0.3 is 5.32 Å². The van der Waals surface area contributed by atoms with E-state index >= 15 is 0 Å². The van der Waals surface area contributed by atoms with Crippen LogP contribution in [-0.2, 0) is 0 Å². The predicted molar refractivity (Wildman–Crippen MR) is 76.6 cm³/mol. The molecular weight excluding hydrogens is 284 g/mol. The first kappa shape index (κ1) is 12.9. The van der Waals surface area contributed by atoms with Crippen LogP contribution < -0.4 is 5.32 Å². The standard InChI is InChI=1S/C12H12N2S.BrH/c1-2-8-13-12-14-11(9-15-12)10-6-4-3-5-7-10;/h2-7,9H,1,8H2,(H,13,14);1H. The van der Waals surface area contributed by atoms with Gasteiger partial charge in [0.05, 0.1) is 5.69 Å². The number of nitrogens with one attached hydrogen (secondary N) is 1. The second kappa shape index (κ2) is 6.45. The largest absolute Gasteiger partial charge is 0.358 e. The van der Waals surface area contributed by atoms with Crippen LogP contribution in [0, 0.1) is 0 Å². The lowest BCUT2D eigenvalue weighted by Gasteiger charge is -1.96. The van der Waals surface area contributed by atoms with Gasteiger partial charge in [0, 0.05) is 17.5 Å². The molecule has 0 unspecified atom stereocenters. The molecule has 2 aromatic rings. The van der Waals surface area contributed by atoms with Crippen LogP contribution in [0.4, 0.5) is 5.13 Å². The summed E-state index contributed by atoms with van der Waals surface area (Å²) in [5, 5.41) is 6.17. The Labute approximate surface area is 110 Å². The average Bonchev–Trinajstić information content (AvgIpc) is 2.76. The van der Waals surface area contributed by atoms with Crippen molar-refractivity contribution < 1.29 is 0 Å². The lowest BCUT2D eigenvalue weighted by atomic mass is 10.2. The van der Waals surface area contributed by atoms with E-state index in [0.717, 1.165) is 22.9 Å². The van der Waals surface area contributed by atoms with Crippen LogP contribution in [0.15, 0.2) is 48.4 Å². The van der Waals surface area contributed by atoms with Gasteiger partial charge in [0.1, 0.15) is 0 Å². The minimum absolute atomic E-state index is 0. The molecular formula is C12H13BrN2S. The van der Waals surface area contributed by atoms with E-state index in [9.17, 15) is 0 Å². The monoisotopic (exact) mass is 296 g/mol. The Morgan fingerprint density at radius 1 is 1.31 bits per heavy atom. The Kier molecular flexibility index (Phi) is 5.22. The molecule has 0 radical (unpaired) electrons. The predicted octanol–water partition coefficient (Wildman–Crippen LogP) is 3.99. The summed E-state index contributed by atoms with van der Waals surface area (Å²) >= 11 is 1.61. The third-order valence-electron chi connectivity index (χ3n) is 1.97. The molecule has 0 spiro atoms. The average molecular weight is 297 g/mol. The maximum atomic E-state index is 4.48. The van der Waals surface area contributed by atoms with Crippen LogP contribution in [0.3, 0.4) is 0 Å². The number of hydrogen-bond donors (Lipinski definition) is 1. The number of hydrogen-bond acceptors (Lipinski definition) is 3. The molecule has 0 saturated carbocycles. The zero-order valence-corrected chi connectivity index (χ0v) is 11.2. The van der Waals surface area contributed by atoms with Gasteiger partial charge in [0.15, 0.2) is 5.13 Å². The molecule has 0 amide bonds. The van der Waals surface area contributed by atoms with Gasteiger partial charge >= 0.3 is 0 Å². The van der Waals surface area contributed by atoms with E-state index in [1.807, 2.05) is 24.3 Å². The zero-order chi connectivity index (χ0) is 10.5. The van der Waals surface area contributed by atoms with Gasteiger partial charge in [-0.15, -0.1) is 34.9 Å². The summed E-state index contributed by atoms with van der Waals surface area (Å²) in [7, 11) is 0. The molecule has 1 heterocycles. The Morgan fingerprint density at radius 3 is 2.75 bits per heavy atom. The Bertz CT molecular complexity index is 439. The van der Waals surface area contributed by atoms with Gasteiger partial charge in [0.25, 0.3) is 0 Å². The number of thiazole rings is 1. The molecule has 0 aliphatic carbocycles. The van der Waals surface area contributed by atoms with E-state index in [2.05, 4.69) is 34.4 Å². The Hall–Kier alpha value is -1.13. The smallest absolute Gasteiger partial charge is 0.183 e. The highest BCUT2D eigenvalue weighted by atomic mass is 79.9. The third kappa shape index (κ3) is 3.18. The molecule has 0 fully saturated rings. The lowest BCUT2D eigenvalue weighted by Crippen LogP contribution is -1.96. The van der Waals surface area contributed by atoms with Gasteiger partial charge in [-0.1, -0.05) is 36.4 Å². The summed E-state index contributed by atoms with van der Waals surface area (Å²) in [5.74, 6) is 0. The van der Waals surface area contributed by atoms with E-state index in [0.29, 0.717) is 0 Å². The van der Waals surface area contributed by atoms with E-state index in [4.69, 9.17) is 0 Å². The van der Waals surface area contributed by atoms with Crippen LogP contribution in [0.25, 0.3) is 11.3 Å². The normalized spacial score (nSPS) is 9.25. The first-order chi connectivity index (χ1) is 7.40. The number of rotatable bonds is 4. The van der Waals surface area contributed by atoms with Crippen molar-refractivity contribution in [3.63, 3.8) is 0 Å². The van der Waals surface area contributed by atoms with Crippen molar-refractivity contribution in [1.29, 1.82) is 0 Å². The highest BCUT2D eigenvalue weighted by molar-refractivity contribution is 8.93. The number of nitrogens with zero attached hydrogens (tertiary/aromatic N) is 1. The fourth-order valence-electron chi connectivity index (χ4n) is 1.26. The molecule has 84 valence electrons. The van der Waals surface area contributed by atoms with Crippen LogP contribution in [0.2, 0.25) is 0 Å². The fourth-order valence-corrected chi connectivity index (χ4v) is 1.99. The highest BCUT2D eigenvalue weighted by Gasteiger charge is 2.02. The van der Waals surface area contributed by atoms with Crippen LogP contribution in [0.1, 0.15) is 0 Å². The third-order valence-corrected chi connectivity index (χ3v) is 2.77.